The summed E-state index contributed by atoms with van der Waals surface area (Å²) < 4.78 is 51.8. The van der Waals surface area contributed by atoms with Gasteiger partial charge in [0, 0.05) is 13.2 Å². The van der Waals surface area contributed by atoms with E-state index in [1.165, 1.54) is 12.8 Å². The third kappa shape index (κ3) is 8.79. The molecule has 3 rings (SSSR count). The van der Waals surface area contributed by atoms with Gasteiger partial charge in [0.25, 0.3) is 0 Å². The van der Waals surface area contributed by atoms with E-state index in [9.17, 15) is 16.8 Å². The summed E-state index contributed by atoms with van der Waals surface area (Å²) in [7, 11) is -8.05. The van der Waals surface area contributed by atoms with E-state index < -0.39 is 28.3 Å². The van der Waals surface area contributed by atoms with Crippen molar-refractivity contribution in [3.63, 3.8) is 0 Å². The lowest BCUT2D eigenvalue weighted by Gasteiger charge is -2.36. The van der Waals surface area contributed by atoms with Gasteiger partial charge in [-0.3, -0.25) is 0 Å². The molecule has 0 radical (unpaired) electrons. The van der Waals surface area contributed by atoms with Crippen molar-refractivity contribution in [2.24, 2.45) is 5.14 Å². The van der Waals surface area contributed by atoms with E-state index in [-0.39, 0.29) is 15.5 Å². The topological polar surface area (TPSA) is 116 Å². The summed E-state index contributed by atoms with van der Waals surface area (Å²) in [4.78, 5) is 0. The summed E-state index contributed by atoms with van der Waals surface area (Å²) in [6, 6.07) is 0. The van der Waals surface area contributed by atoms with Crippen LogP contribution in [0.5, 0.6) is 0 Å². The second-order valence-electron chi connectivity index (χ2n) is 8.83. The molecule has 0 aromatic heterocycles. The summed E-state index contributed by atoms with van der Waals surface area (Å²) >= 11 is 0. The van der Waals surface area contributed by atoms with Gasteiger partial charge < -0.3 is 4.74 Å². The fourth-order valence-corrected chi connectivity index (χ4v) is 8.16. The van der Waals surface area contributed by atoms with Crippen molar-refractivity contribution in [1.82, 2.24) is 4.39 Å². The molecule has 1 aliphatic heterocycles. The fourth-order valence-electron chi connectivity index (χ4n) is 1.88. The molecule has 3 N–H and O–H groups in total. The Kier molecular flexibility index (Phi) is 8.32. The summed E-state index contributed by atoms with van der Waals surface area (Å²) in [5, 5.41) is 4.48. The maximum absolute atomic E-state index is 11.8. The molecule has 0 aromatic rings. The Morgan fingerprint density at radius 3 is 1.54 bits per heavy atom. The highest BCUT2D eigenvalue weighted by molar-refractivity contribution is 7.91. The number of hydrogen-bond acceptors (Lipinski definition) is 5. The number of rotatable bonds is 4. The second-order valence-corrected chi connectivity index (χ2v) is 18.0. The van der Waals surface area contributed by atoms with Gasteiger partial charge in [-0.2, -0.15) is 0 Å². The van der Waals surface area contributed by atoms with Crippen LogP contribution in [0.3, 0.4) is 0 Å². The van der Waals surface area contributed by atoms with Crippen molar-refractivity contribution in [2.75, 3.05) is 13.2 Å². The molecule has 3 fully saturated rings. The zero-order chi connectivity index (χ0) is 20.2. The van der Waals surface area contributed by atoms with Gasteiger partial charge in [-0.25, -0.2) is 26.4 Å². The zero-order valence-corrected chi connectivity index (χ0v) is 19.4. The van der Waals surface area contributed by atoms with E-state index in [0.717, 1.165) is 38.9 Å². The monoisotopic (exact) mass is 428 g/mol. The van der Waals surface area contributed by atoms with E-state index >= 15 is 0 Å². The van der Waals surface area contributed by atoms with Gasteiger partial charge in [0.2, 0.25) is 20.0 Å². The van der Waals surface area contributed by atoms with Crippen molar-refractivity contribution in [1.29, 1.82) is 0 Å². The normalized spacial score (nSPS) is 21.3. The van der Waals surface area contributed by atoms with Crippen molar-refractivity contribution in [3.05, 3.63) is 0 Å². The van der Waals surface area contributed by atoms with Crippen LogP contribution in [0.15, 0.2) is 0 Å². The summed E-state index contributed by atoms with van der Waals surface area (Å²) in [5.41, 5.74) is 0. The van der Waals surface area contributed by atoms with E-state index in [4.69, 9.17) is 9.88 Å². The average Bonchev–Trinajstić information content (AvgIpc) is 3.35. The molecular weight excluding hydrogens is 392 g/mol. The average molecular weight is 429 g/mol. The highest BCUT2D eigenvalue weighted by atomic mass is 32.2. The van der Waals surface area contributed by atoms with Crippen molar-refractivity contribution >= 4 is 28.3 Å². The van der Waals surface area contributed by atoms with E-state index in [1.54, 1.807) is 0 Å². The Balaban J connectivity index is 0.000000231. The standard InChI is InChI=1S/C9H21NO2SSi.C4H8O.C3H7NO2S/c1-9(2,3)14(4,5)10-13(11,12)8-6-7-8;1-2-4-5-3-1;4-7(5,6)3-1-2-3/h8,10H,6-7H2,1-5H3;1-4H2;3H,1-2H2,(H2,4,5,6). The minimum Gasteiger partial charge on any atom is -0.381 e. The number of sulfonamides is 2. The van der Waals surface area contributed by atoms with Crippen molar-refractivity contribution in [2.45, 2.75) is 87.9 Å². The van der Waals surface area contributed by atoms with Gasteiger partial charge in [-0.05, 0) is 43.6 Å². The van der Waals surface area contributed by atoms with Crippen molar-refractivity contribution < 1.29 is 21.6 Å². The number of primary sulfonamides is 1. The Hall–Kier alpha value is -0.00312. The lowest BCUT2D eigenvalue weighted by molar-refractivity contribution is 0.198. The van der Waals surface area contributed by atoms with Crippen LogP contribution < -0.4 is 9.53 Å². The molecule has 2 aliphatic carbocycles. The molecule has 0 unspecified atom stereocenters. The predicted octanol–water partition coefficient (Wildman–Crippen LogP) is 2.31. The lowest BCUT2D eigenvalue weighted by Crippen LogP contribution is -2.55. The third-order valence-corrected chi connectivity index (χ3v) is 14.7. The Morgan fingerprint density at radius 2 is 1.35 bits per heavy atom. The minimum atomic E-state index is -3.13. The van der Waals surface area contributed by atoms with Gasteiger partial charge in [0.15, 0.2) is 0 Å². The van der Waals surface area contributed by atoms with Crippen LogP contribution in [0.2, 0.25) is 18.1 Å². The Labute approximate surface area is 160 Å². The number of ether oxygens (including phenoxy) is 1. The van der Waals surface area contributed by atoms with Crippen LogP contribution in [0, 0.1) is 0 Å². The first-order chi connectivity index (χ1) is 11.7. The van der Waals surface area contributed by atoms with Crippen LogP contribution in [0.4, 0.5) is 0 Å². The molecule has 3 aliphatic rings. The van der Waals surface area contributed by atoms with Gasteiger partial charge >= 0.3 is 0 Å². The van der Waals surface area contributed by atoms with Gasteiger partial charge in [-0.1, -0.05) is 33.9 Å². The predicted molar refractivity (Wildman–Crippen MR) is 108 cm³/mol. The van der Waals surface area contributed by atoms with Gasteiger partial charge in [-0.15, -0.1) is 0 Å². The first kappa shape index (κ1) is 24.0. The first-order valence-electron chi connectivity index (χ1n) is 9.29. The number of hydrogen-bond donors (Lipinski definition) is 2. The molecule has 156 valence electrons. The number of nitrogens with two attached hydrogens (primary N) is 1. The lowest BCUT2D eigenvalue weighted by atomic mass is 10.2. The van der Waals surface area contributed by atoms with E-state index in [2.05, 4.69) is 38.3 Å². The molecule has 1 heterocycles. The molecule has 0 spiro atoms. The molecular formula is C16H36N2O5S2Si. The Bertz CT molecular complexity index is 637. The quantitative estimate of drug-likeness (QED) is 0.667. The maximum atomic E-state index is 11.8. The van der Waals surface area contributed by atoms with Gasteiger partial charge in [0.1, 0.15) is 8.24 Å². The second kappa shape index (κ2) is 9.00. The summed E-state index contributed by atoms with van der Waals surface area (Å²) in [6.45, 7) is 12.5. The highest BCUT2D eigenvalue weighted by Gasteiger charge is 2.44. The molecule has 26 heavy (non-hydrogen) atoms. The van der Waals surface area contributed by atoms with E-state index in [1.807, 2.05) is 0 Å². The number of nitrogens with one attached hydrogen (secondary N) is 1. The highest BCUT2D eigenvalue weighted by Crippen LogP contribution is 2.36. The summed E-state index contributed by atoms with van der Waals surface area (Å²) in [5.74, 6) is 0. The minimum absolute atomic E-state index is 0.0644. The fraction of sp³-hybridized carbons (Fsp3) is 1.00. The van der Waals surface area contributed by atoms with Crippen molar-refractivity contribution in [3.8, 4) is 0 Å². The summed E-state index contributed by atoms with van der Waals surface area (Å²) in [6.07, 6.45) is 5.76. The Morgan fingerprint density at radius 1 is 0.923 bits per heavy atom. The van der Waals surface area contributed by atoms with Crippen LogP contribution in [0.25, 0.3) is 0 Å². The molecule has 1 saturated heterocycles. The molecule has 10 heteroatoms. The van der Waals surface area contributed by atoms with Crippen LogP contribution in [-0.4, -0.2) is 48.8 Å². The molecule has 0 amide bonds. The first-order valence-corrected chi connectivity index (χ1v) is 15.4. The molecule has 0 aromatic carbocycles. The maximum Gasteiger partial charge on any atom is 0.211 e. The van der Waals surface area contributed by atoms with Crippen LogP contribution in [0.1, 0.15) is 59.3 Å². The zero-order valence-electron chi connectivity index (χ0n) is 16.7. The largest absolute Gasteiger partial charge is 0.381 e. The molecule has 0 atom stereocenters. The smallest absolute Gasteiger partial charge is 0.211 e. The molecule has 7 nitrogen and oxygen atoms in total. The van der Waals surface area contributed by atoms with Gasteiger partial charge in [0.05, 0.1) is 10.5 Å². The van der Waals surface area contributed by atoms with Crippen LogP contribution in [-0.2, 0) is 24.8 Å². The van der Waals surface area contributed by atoms with Crippen LogP contribution >= 0.6 is 0 Å². The van der Waals surface area contributed by atoms with E-state index in [0.29, 0.717) is 0 Å². The third-order valence-electron chi connectivity index (χ3n) is 5.05. The SMILES string of the molecule is C1CCOC1.CC(C)(C)[Si](C)(C)NS(=O)(=O)C1CC1.NS(=O)(=O)C1CC1. The molecule has 0 bridgehead atoms. The molecule has 2 saturated carbocycles.